The minimum Gasteiger partial charge on any atom is -0.481 e. The van der Waals surface area contributed by atoms with Gasteiger partial charge in [0.1, 0.15) is 0 Å². The quantitative estimate of drug-likeness (QED) is 0.605. The molecule has 0 aliphatic carbocycles. The molecule has 0 aromatic rings. The maximum Gasteiger partial charge on any atom is 0.303 e. The molecule has 0 fully saturated rings. The van der Waals surface area contributed by atoms with Gasteiger partial charge in [0.05, 0.1) is 0 Å². The zero-order valence-corrected chi connectivity index (χ0v) is 7.82. The predicted octanol–water partition coefficient (Wildman–Crippen LogP) is 2.38. The molecule has 0 aromatic heterocycles. The van der Waals surface area contributed by atoms with Crippen LogP contribution in [0.1, 0.15) is 32.6 Å². The molecule has 1 N–H and O–H groups in total. The van der Waals surface area contributed by atoms with E-state index < -0.39 is 5.97 Å². The minimum atomic E-state index is -0.675. The first-order valence-electron chi connectivity index (χ1n) is 4.07. The number of unbranched alkanes of at least 4 members (excludes halogenated alkanes) is 1. The lowest BCUT2D eigenvalue weighted by Gasteiger charge is -1.97. The van der Waals surface area contributed by atoms with Crippen LogP contribution in [0.15, 0.2) is 0 Å². The number of carboxylic acids is 1. The maximum absolute atomic E-state index is 10.1. The maximum atomic E-state index is 10.1. The Labute approximate surface area is 72.4 Å². The molecule has 11 heavy (non-hydrogen) atoms. The molecule has 0 amide bonds. The van der Waals surface area contributed by atoms with Crippen LogP contribution < -0.4 is 0 Å². The second-order valence-corrected chi connectivity index (χ2v) is 3.69. The highest BCUT2D eigenvalue weighted by molar-refractivity contribution is 7.99. The number of hydrogen-bond donors (Lipinski definition) is 1. The van der Waals surface area contributed by atoms with E-state index in [2.05, 4.69) is 6.92 Å². The highest BCUT2D eigenvalue weighted by Gasteiger charge is 1.95. The Balaban J connectivity index is 2.85. The van der Waals surface area contributed by atoms with Crippen molar-refractivity contribution in [3.63, 3.8) is 0 Å². The number of aliphatic carboxylic acids is 1. The first-order chi connectivity index (χ1) is 5.27. The molecular formula is C8H16O2S. The Kier molecular flexibility index (Phi) is 7.79. The molecule has 0 saturated heterocycles. The summed E-state index contributed by atoms with van der Waals surface area (Å²) in [4.78, 5) is 10.1. The molecule has 0 aliphatic rings. The molecule has 0 unspecified atom stereocenters. The summed E-state index contributed by atoms with van der Waals surface area (Å²) < 4.78 is 0. The molecule has 0 spiro atoms. The van der Waals surface area contributed by atoms with Crippen molar-refractivity contribution < 1.29 is 9.90 Å². The van der Waals surface area contributed by atoms with Crippen LogP contribution >= 0.6 is 11.8 Å². The van der Waals surface area contributed by atoms with Crippen LogP contribution in [0, 0.1) is 0 Å². The third-order valence-corrected chi connectivity index (χ3v) is 2.55. The van der Waals surface area contributed by atoms with Crippen LogP contribution in [0.25, 0.3) is 0 Å². The topological polar surface area (TPSA) is 37.3 Å². The van der Waals surface area contributed by atoms with Gasteiger partial charge in [-0.1, -0.05) is 6.92 Å². The van der Waals surface area contributed by atoms with Gasteiger partial charge in [0.2, 0.25) is 0 Å². The van der Waals surface area contributed by atoms with Crippen molar-refractivity contribution in [3.8, 4) is 0 Å². The summed E-state index contributed by atoms with van der Waals surface area (Å²) in [5.41, 5.74) is 0. The van der Waals surface area contributed by atoms with Crippen molar-refractivity contribution in [1.82, 2.24) is 0 Å². The van der Waals surface area contributed by atoms with E-state index in [1.54, 1.807) is 0 Å². The summed E-state index contributed by atoms with van der Waals surface area (Å²) >= 11 is 1.91. The van der Waals surface area contributed by atoms with Crippen LogP contribution in [0.4, 0.5) is 0 Å². The first kappa shape index (κ1) is 10.8. The average molecular weight is 176 g/mol. The predicted molar refractivity (Wildman–Crippen MR) is 49.1 cm³/mol. The number of carbonyl (C=O) groups is 1. The third kappa shape index (κ3) is 9.82. The molecule has 0 rings (SSSR count). The zero-order chi connectivity index (χ0) is 8.53. The van der Waals surface area contributed by atoms with Crippen molar-refractivity contribution in [2.24, 2.45) is 0 Å². The number of carboxylic acid groups (broad SMARTS) is 1. The van der Waals surface area contributed by atoms with Crippen molar-refractivity contribution in [3.05, 3.63) is 0 Å². The van der Waals surface area contributed by atoms with Crippen molar-refractivity contribution in [2.45, 2.75) is 32.6 Å². The first-order valence-corrected chi connectivity index (χ1v) is 5.22. The lowest BCUT2D eigenvalue weighted by Crippen LogP contribution is -1.94. The van der Waals surface area contributed by atoms with E-state index in [1.807, 2.05) is 11.8 Å². The Morgan fingerprint density at radius 2 is 2.09 bits per heavy atom. The van der Waals surface area contributed by atoms with Crippen LogP contribution in [0.2, 0.25) is 0 Å². The third-order valence-electron chi connectivity index (χ3n) is 1.28. The molecule has 0 aliphatic heterocycles. The largest absolute Gasteiger partial charge is 0.481 e. The molecule has 3 heteroatoms. The smallest absolute Gasteiger partial charge is 0.303 e. The van der Waals surface area contributed by atoms with Gasteiger partial charge in [0, 0.05) is 6.42 Å². The summed E-state index contributed by atoms with van der Waals surface area (Å²) in [6, 6.07) is 0. The summed E-state index contributed by atoms with van der Waals surface area (Å²) in [5, 5.41) is 8.31. The zero-order valence-electron chi connectivity index (χ0n) is 7.01. The summed E-state index contributed by atoms with van der Waals surface area (Å²) in [5.74, 6) is 1.64. The molecule has 0 bridgehead atoms. The van der Waals surface area contributed by atoms with Crippen LogP contribution in [-0.2, 0) is 4.79 Å². The second kappa shape index (κ2) is 7.92. The van der Waals surface area contributed by atoms with Gasteiger partial charge >= 0.3 is 5.97 Å². The average Bonchev–Trinajstić information content (AvgIpc) is 1.96. The summed E-state index contributed by atoms with van der Waals surface area (Å²) in [6.45, 7) is 2.16. The fraction of sp³-hybridized carbons (Fsp3) is 0.875. The molecule has 66 valence electrons. The molecule has 0 atom stereocenters. The van der Waals surface area contributed by atoms with Crippen LogP contribution in [-0.4, -0.2) is 22.6 Å². The fourth-order valence-electron chi connectivity index (χ4n) is 0.727. The van der Waals surface area contributed by atoms with Gasteiger partial charge < -0.3 is 5.11 Å². The molecule has 0 saturated carbocycles. The molecule has 2 nitrogen and oxygen atoms in total. The van der Waals surface area contributed by atoms with E-state index >= 15 is 0 Å². The monoisotopic (exact) mass is 176 g/mol. The van der Waals surface area contributed by atoms with Gasteiger partial charge in [-0.05, 0) is 30.8 Å². The van der Waals surface area contributed by atoms with Crippen molar-refractivity contribution >= 4 is 17.7 Å². The van der Waals surface area contributed by atoms with Gasteiger partial charge in [-0.2, -0.15) is 11.8 Å². The van der Waals surface area contributed by atoms with Crippen LogP contribution in [0.5, 0.6) is 0 Å². The standard InChI is InChI=1S/C8H16O2S/c1-2-6-11-7-4-3-5-8(9)10/h2-7H2,1H3,(H,9,10). The normalized spacial score (nSPS) is 9.91. The Morgan fingerprint density at radius 1 is 1.36 bits per heavy atom. The number of thioether (sulfide) groups is 1. The SMILES string of the molecule is CCCSCCCCC(=O)O. The number of hydrogen-bond acceptors (Lipinski definition) is 2. The van der Waals surface area contributed by atoms with Crippen molar-refractivity contribution in [2.75, 3.05) is 11.5 Å². The summed E-state index contributed by atoms with van der Waals surface area (Å²) in [7, 11) is 0. The highest BCUT2D eigenvalue weighted by Crippen LogP contribution is 2.06. The van der Waals surface area contributed by atoms with E-state index in [4.69, 9.17) is 5.11 Å². The second-order valence-electron chi connectivity index (χ2n) is 2.46. The van der Waals surface area contributed by atoms with E-state index in [9.17, 15) is 4.79 Å². The Hall–Kier alpha value is -0.180. The lowest BCUT2D eigenvalue weighted by molar-refractivity contribution is -0.137. The van der Waals surface area contributed by atoms with Crippen molar-refractivity contribution in [1.29, 1.82) is 0 Å². The van der Waals surface area contributed by atoms with E-state index in [0.717, 1.165) is 18.6 Å². The van der Waals surface area contributed by atoms with E-state index in [0.29, 0.717) is 6.42 Å². The van der Waals surface area contributed by atoms with Crippen LogP contribution in [0.3, 0.4) is 0 Å². The van der Waals surface area contributed by atoms with Gasteiger partial charge in [-0.25, -0.2) is 0 Å². The molecule has 0 aromatic carbocycles. The van der Waals surface area contributed by atoms with Gasteiger partial charge in [-0.15, -0.1) is 0 Å². The van der Waals surface area contributed by atoms with Gasteiger partial charge in [-0.3, -0.25) is 4.79 Å². The Morgan fingerprint density at radius 3 is 2.64 bits per heavy atom. The summed E-state index contributed by atoms with van der Waals surface area (Å²) in [6.07, 6.45) is 3.40. The fourth-order valence-corrected chi connectivity index (χ4v) is 1.63. The van der Waals surface area contributed by atoms with E-state index in [1.165, 1.54) is 12.2 Å². The number of rotatable bonds is 7. The molecule has 0 heterocycles. The van der Waals surface area contributed by atoms with Gasteiger partial charge in [0.25, 0.3) is 0 Å². The lowest BCUT2D eigenvalue weighted by atomic mass is 10.3. The highest BCUT2D eigenvalue weighted by atomic mass is 32.2. The van der Waals surface area contributed by atoms with E-state index in [-0.39, 0.29) is 0 Å². The molecule has 0 radical (unpaired) electrons. The molecular weight excluding hydrogens is 160 g/mol. The Bertz CT molecular complexity index is 104. The van der Waals surface area contributed by atoms with Gasteiger partial charge in [0.15, 0.2) is 0 Å². The minimum absolute atomic E-state index is 0.326.